The molecule has 0 bridgehead atoms. The van der Waals surface area contributed by atoms with E-state index in [4.69, 9.17) is 0 Å². The van der Waals surface area contributed by atoms with Gasteiger partial charge >= 0.3 is 0 Å². The normalized spacial score (nSPS) is 12.2. The van der Waals surface area contributed by atoms with Gasteiger partial charge in [-0.25, -0.2) is 4.98 Å². The van der Waals surface area contributed by atoms with Gasteiger partial charge in [-0.15, -0.1) is 0 Å². The first-order valence-electron chi connectivity index (χ1n) is 6.57. The van der Waals surface area contributed by atoms with Gasteiger partial charge in [0.2, 0.25) is 0 Å². The summed E-state index contributed by atoms with van der Waals surface area (Å²) in [4.78, 5) is 14.2. The smallest absolute Gasteiger partial charge is 0.269 e. The van der Waals surface area contributed by atoms with E-state index in [1.165, 1.54) is 0 Å². The fraction of sp³-hybridized carbons (Fsp3) is 0.357. The number of nitrogens with zero attached hydrogens (tertiary/aromatic N) is 3. The molecule has 1 aromatic heterocycles. The quantitative estimate of drug-likeness (QED) is 0.619. The lowest BCUT2D eigenvalue weighted by Gasteiger charge is -2.14. The van der Waals surface area contributed by atoms with E-state index in [2.05, 4.69) is 17.2 Å². The van der Waals surface area contributed by atoms with Gasteiger partial charge in [0.15, 0.2) is 0 Å². The Morgan fingerprint density at radius 1 is 1.40 bits per heavy atom. The fourth-order valence-corrected chi connectivity index (χ4v) is 2.02. The lowest BCUT2D eigenvalue weighted by Crippen LogP contribution is -2.31. The summed E-state index contributed by atoms with van der Waals surface area (Å²) >= 11 is 0. The van der Waals surface area contributed by atoms with Crippen LogP contribution in [0.15, 0.2) is 43.0 Å². The summed E-state index contributed by atoms with van der Waals surface area (Å²) < 4.78 is 2.03. The molecular weight excluding hydrogens is 256 g/mol. The molecule has 0 saturated heterocycles. The van der Waals surface area contributed by atoms with Crippen molar-refractivity contribution in [3.63, 3.8) is 0 Å². The Labute approximate surface area is 117 Å². The molecule has 0 amide bonds. The van der Waals surface area contributed by atoms with E-state index in [0.29, 0.717) is 6.04 Å². The summed E-state index contributed by atoms with van der Waals surface area (Å²) in [6.07, 6.45) is 6.36. The molecule has 106 valence electrons. The van der Waals surface area contributed by atoms with Crippen molar-refractivity contribution in [1.29, 1.82) is 0 Å². The van der Waals surface area contributed by atoms with Crippen LogP contribution >= 0.6 is 0 Å². The molecule has 1 N–H and O–H groups in total. The molecule has 0 aliphatic heterocycles. The van der Waals surface area contributed by atoms with Crippen LogP contribution in [0, 0.1) is 10.1 Å². The van der Waals surface area contributed by atoms with Crippen LogP contribution in [0.4, 0.5) is 5.69 Å². The molecule has 20 heavy (non-hydrogen) atoms. The summed E-state index contributed by atoms with van der Waals surface area (Å²) in [5.74, 6) is 0. The predicted molar refractivity (Wildman–Crippen MR) is 76.5 cm³/mol. The van der Waals surface area contributed by atoms with Crippen molar-refractivity contribution in [3.8, 4) is 0 Å². The maximum Gasteiger partial charge on any atom is 0.269 e. The maximum atomic E-state index is 10.6. The van der Waals surface area contributed by atoms with Crippen LogP contribution in [0.25, 0.3) is 0 Å². The topological polar surface area (TPSA) is 73.0 Å². The molecule has 0 saturated carbocycles. The molecule has 2 rings (SSSR count). The van der Waals surface area contributed by atoms with Crippen LogP contribution in [-0.2, 0) is 13.0 Å². The molecule has 1 aromatic carbocycles. The van der Waals surface area contributed by atoms with E-state index in [1.807, 2.05) is 10.8 Å². The molecule has 0 fully saturated rings. The predicted octanol–water partition coefficient (Wildman–Crippen LogP) is 2.01. The zero-order valence-corrected chi connectivity index (χ0v) is 11.4. The second-order valence-corrected chi connectivity index (χ2v) is 4.79. The summed E-state index contributed by atoms with van der Waals surface area (Å²) in [5.41, 5.74) is 1.23. The highest BCUT2D eigenvalue weighted by Crippen LogP contribution is 2.11. The molecule has 0 spiro atoms. The Bertz CT molecular complexity index is 537. The van der Waals surface area contributed by atoms with E-state index < -0.39 is 0 Å². The molecular formula is C14H18N4O2. The largest absolute Gasteiger partial charge is 0.336 e. The molecule has 0 aliphatic rings. The third-order valence-electron chi connectivity index (χ3n) is 3.10. The van der Waals surface area contributed by atoms with Gasteiger partial charge < -0.3 is 9.88 Å². The van der Waals surface area contributed by atoms with E-state index >= 15 is 0 Å². The minimum atomic E-state index is -0.380. The number of nitro benzene ring substituents is 1. The second kappa shape index (κ2) is 6.81. The molecule has 2 aromatic rings. The standard InChI is InChI=1S/C14H18N4O2/c1-12(10-17-9-8-15-11-17)16-7-6-13-2-4-14(5-3-13)18(19)20/h2-5,8-9,11-12,16H,6-7,10H2,1H3. The van der Waals surface area contributed by atoms with Crippen LogP contribution < -0.4 is 5.32 Å². The molecule has 6 heteroatoms. The Morgan fingerprint density at radius 3 is 2.75 bits per heavy atom. The molecule has 1 atom stereocenters. The zero-order valence-electron chi connectivity index (χ0n) is 11.4. The van der Waals surface area contributed by atoms with E-state index in [-0.39, 0.29) is 10.6 Å². The van der Waals surface area contributed by atoms with E-state index in [1.54, 1.807) is 36.8 Å². The Kier molecular flexibility index (Phi) is 4.84. The number of nitro groups is 1. The van der Waals surface area contributed by atoms with Crippen LogP contribution in [-0.4, -0.2) is 27.1 Å². The third kappa shape index (κ3) is 4.17. The van der Waals surface area contributed by atoms with Crippen molar-refractivity contribution in [2.75, 3.05) is 6.54 Å². The average Bonchev–Trinajstić information content (AvgIpc) is 2.92. The fourth-order valence-electron chi connectivity index (χ4n) is 2.02. The first-order valence-corrected chi connectivity index (χ1v) is 6.57. The average molecular weight is 274 g/mol. The zero-order chi connectivity index (χ0) is 14.4. The number of benzene rings is 1. The molecule has 0 radical (unpaired) electrons. The van der Waals surface area contributed by atoms with Crippen molar-refractivity contribution in [1.82, 2.24) is 14.9 Å². The van der Waals surface area contributed by atoms with Crippen molar-refractivity contribution in [2.24, 2.45) is 0 Å². The Balaban J connectivity index is 1.73. The monoisotopic (exact) mass is 274 g/mol. The van der Waals surface area contributed by atoms with Crippen LogP contribution in [0.2, 0.25) is 0 Å². The first-order chi connectivity index (χ1) is 9.65. The number of non-ortho nitro benzene ring substituents is 1. The number of hydrogen-bond donors (Lipinski definition) is 1. The molecule has 6 nitrogen and oxygen atoms in total. The third-order valence-corrected chi connectivity index (χ3v) is 3.10. The van der Waals surface area contributed by atoms with Crippen molar-refractivity contribution in [3.05, 3.63) is 58.7 Å². The van der Waals surface area contributed by atoms with Crippen molar-refractivity contribution >= 4 is 5.69 Å². The summed E-state index contributed by atoms with van der Waals surface area (Å²) in [6.45, 7) is 3.84. The van der Waals surface area contributed by atoms with Crippen molar-refractivity contribution < 1.29 is 4.92 Å². The van der Waals surface area contributed by atoms with Gasteiger partial charge in [-0.2, -0.15) is 0 Å². The van der Waals surface area contributed by atoms with Gasteiger partial charge in [0.1, 0.15) is 0 Å². The number of imidazole rings is 1. The van der Waals surface area contributed by atoms with Gasteiger partial charge in [-0.1, -0.05) is 12.1 Å². The highest BCUT2D eigenvalue weighted by Gasteiger charge is 2.05. The van der Waals surface area contributed by atoms with Gasteiger partial charge in [-0.3, -0.25) is 10.1 Å². The van der Waals surface area contributed by atoms with Gasteiger partial charge in [-0.05, 0) is 25.5 Å². The number of aromatic nitrogens is 2. The van der Waals surface area contributed by atoms with Crippen molar-refractivity contribution in [2.45, 2.75) is 25.9 Å². The number of nitrogens with one attached hydrogen (secondary N) is 1. The summed E-state index contributed by atoms with van der Waals surface area (Å²) in [7, 11) is 0. The maximum absolute atomic E-state index is 10.6. The molecule has 1 unspecified atom stereocenters. The number of hydrogen-bond acceptors (Lipinski definition) is 4. The number of rotatable bonds is 7. The first kappa shape index (κ1) is 14.2. The van der Waals surface area contributed by atoms with Gasteiger partial charge in [0.05, 0.1) is 11.3 Å². The van der Waals surface area contributed by atoms with Crippen LogP contribution in [0.1, 0.15) is 12.5 Å². The van der Waals surface area contributed by atoms with E-state index in [0.717, 1.165) is 25.1 Å². The lowest BCUT2D eigenvalue weighted by atomic mass is 10.1. The second-order valence-electron chi connectivity index (χ2n) is 4.79. The minimum absolute atomic E-state index is 0.134. The SMILES string of the molecule is CC(Cn1ccnc1)NCCc1ccc([N+](=O)[O-])cc1. The molecule has 0 aliphatic carbocycles. The highest BCUT2D eigenvalue weighted by molar-refractivity contribution is 5.32. The minimum Gasteiger partial charge on any atom is -0.336 e. The Morgan fingerprint density at radius 2 is 2.15 bits per heavy atom. The van der Waals surface area contributed by atoms with E-state index in [9.17, 15) is 10.1 Å². The van der Waals surface area contributed by atoms with Gasteiger partial charge in [0, 0.05) is 37.1 Å². The van der Waals surface area contributed by atoms with Crippen LogP contribution in [0.3, 0.4) is 0 Å². The molecule has 1 heterocycles. The Hall–Kier alpha value is -2.21. The highest BCUT2D eigenvalue weighted by atomic mass is 16.6. The summed E-state index contributed by atoms with van der Waals surface area (Å²) in [6, 6.07) is 7.05. The summed E-state index contributed by atoms with van der Waals surface area (Å²) in [5, 5.41) is 14.0. The lowest BCUT2D eigenvalue weighted by molar-refractivity contribution is -0.384. The van der Waals surface area contributed by atoms with Gasteiger partial charge in [0.25, 0.3) is 5.69 Å². The van der Waals surface area contributed by atoms with Crippen LogP contribution in [0.5, 0.6) is 0 Å².